The van der Waals surface area contributed by atoms with Gasteiger partial charge in [0.25, 0.3) is 5.91 Å². The Morgan fingerprint density at radius 3 is 2.68 bits per heavy atom. The van der Waals surface area contributed by atoms with Crippen LogP contribution in [0.2, 0.25) is 0 Å². The summed E-state index contributed by atoms with van der Waals surface area (Å²) in [4.78, 5) is 24.7. The lowest BCUT2D eigenvalue weighted by Gasteiger charge is -2.09. The number of aryl methyl sites for hydroxylation is 1. The number of carbonyl (C=O) groups is 1. The van der Waals surface area contributed by atoms with E-state index in [9.17, 15) is 9.59 Å². The Morgan fingerprint density at radius 2 is 1.92 bits per heavy atom. The summed E-state index contributed by atoms with van der Waals surface area (Å²) in [5.41, 5.74) is 1.39. The lowest BCUT2D eigenvalue weighted by atomic mass is 10.1. The number of hydrogen-bond acceptors (Lipinski definition) is 4. The second-order valence-electron chi connectivity index (χ2n) is 5.55. The summed E-state index contributed by atoms with van der Waals surface area (Å²) in [5.74, 6) is 0.137. The van der Waals surface area contributed by atoms with Crippen molar-refractivity contribution in [3.8, 4) is 5.75 Å². The van der Waals surface area contributed by atoms with Gasteiger partial charge in [0.1, 0.15) is 16.9 Å². The standard InChI is InChI=1S/C20H19NO4/c1-3-13-7-5-6-8-17(13)21-19(22)16-11-14-9-10-15(24-4-2)12-18(14)25-20(16)23/h5-12H,3-4H2,1-2H3,(H,21,22). The third-order valence-corrected chi connectivity index (χ3v) is 3.91. The summed E-state index contributed by atoms with van der Waals surface area (Å²) in [7, 11) is 0. The van der Waals surface area contributed by atoms with Crippen LogP contribution in [0.5, 0.6) is 5.75 Å². The zero-order valence-corrected chi connectivity index (χ0v) is 14.2. The average Bonchev–Trinajstić information content (AvgIpc) is 2.61. The van der Waals surface area contributed by atoms with E-state index in [4.69, 9.17) is 9.15 Å². The molecule has 0 aliphatic rings. The number of hydrogen-bond donors (Lipinski definition) is 1. The van der Waals surface area contributed by atoms with Crippen LogP contribution < -0.4 is 15.7 Å². The van der Waals surface area contributed by atoms with Crippen LogP contribution >= 0.6 is 0 Å². The van der Waals surface area contributed by atoms with Crippen molar-refractivity contribution < 1.29 is 13.9 Å². The third-order valence-electron chi connectivity index (χ3n) is 3.91. The van der Waals surface area contributed by atoms with Crippen molar-refractivity contribution in [2.75, 3.05) is 11.9 Å². The zero-order valence-electron chi connectivity index (χ0n) is 14.2. The number of amides is 1. The van der Waals surface area contributed by atoms with E-state index >= 15 is 0 Å². The van der Waals surface area contributed by atoms with E-state index in [1.807, 2.05) is 38.1 Å². The highest BCUT2D eigenvalue weighted by Gasteiger charge is 2.15. The molecule has 5 heteroatoms. The number of para-hydroxylation sites is 1. The molecule has 0 atom stereocenters. The molecule has 0 aliphatic carbocycles. The second kappa shape index (κ2) is 7.21. The summed E-state index contributed by atoms with van der Waals surface area (Å²) in [5, 5.41) is 3.46. The Labute approximate surface area is 145 Å². The molecule has 5 nitrogen and oxygen atoms in total. The molecule has 1 N–H and O–H groups in total. The summed E-state index contributed by atoms with van der Waals surface area (Å²) in [6.45, 7) is 4.40. The molecular formula is C20H19NO4. The van der Waals surface area contributed by atoms with E-state index < -0.39 is 11.5 Å². The van der Waals surface area contributed by atoms with Gasteiger partial charge in [0.2, 0.25) is 0 Å². The third kappa shape index (κ3) is 3.55. The number of ether oxygens (including phenoxy) is 1. The van der Waals surface area contributed by atoms with E-state index in [2.05, 4.69) is 5.32 Å². The lowest BCUT2D eigenvalue weighted by molar-refractivity contribution is 0.102. The van der Waals surface area contributed by atoms with Gasteiger partial charge in [0.15, 0.2) is 0 Å². The fourth-order valence-electron chi connectivity index (χ4n) is 2.65. The Bertz CT molecular complexity index is 975. The summed E-state index contributed by atoms with van der Waals surface area (Å²) in [6, 6.07) is 14.2. The first kappa shape index (κ1) is 16.8. The number of rotatable bonds is 5. The zero-order chi connectivity index (χ0) is 17.8. The minimum absolute atomic E-state index is 0.0254. The van der Waals surface area contributed by atoms with Gasteiger partial charge in [-0.3, -0.25) is 4.79 Å². The molecule has 1 heterocycles. The molecule has 0 aliphatic heterocycles. The highest BCUT2D eigenvalue weighted by atomic mass is 16.5. The Balaban J connectivity index is 1.95. The summed E-state index contributed by atoms with van der Waals surface area (Å²) < 4.78 is 10.7. The topological polar surface area (TPSA) is 68.5 Å². The molecule has 3 aromatic rings. The molecular weight excluding hydrogens is 318 g/mol. The van der Waals surface area contributed by atoms with Crippen LogP contribution in [0.15, 0.2) is 57.7 Å². The summed E-state index contributed by atoms with van der Waals surface area (Å²) in [6.07, 6.45) is 0.781. The largest absolute Gasteiger partial charge is 0.494 e. The normalized spacial score (nSPS) is 10.6. The van der Waals surface area contributed by atoms with Gasteiger partial charge in [-0.2, -0.15) is 0 Å². The molecule has 0 fully saturated rings. The van der Waals surface area contributed by atoms with Crippen molar-refractivity contribution in [1.82, 2.24) is 0 Å². The molecule has 0 radical (unpaired) electrons. The second-order valence-corrected chi connectivity index (χ2v) is 5.55. The van der Waals surface area contributed by atoms with Gasteiger partial charge in [-0.15, -0.1) is 0 Å². The molecule has 0 unspecified atom stereocenters. The number of nitrogens with one attached hydrogen (secondary N) is 1. The van der Waals surface area contributed by atoms with E-state index in [0.29, 0.717) is 29.0 Å². The van der Waals surface area contributed by atoms with Crippen molar-refractivity contribution in [2.45, 2.75) is 20.3 Å². The van der Waals surface area contributed by atoms with Crippen molar-refractivity contribution in [1.29, 1.82) is 0 Å². The highest BCUT2D eigenvalue weighted by Crippen LogP contribution is 2.21. The van der Waals surface area contributed by atoms with Crippen LogP contribution in [0.25, 0.3) is 11.0 Å². The van der Waals surface area contributed by atoms with Crippen LogP contribution in [0, 0.1) is 0 Å². The van der Waals surface area contributed by atoms with Crippen molar-refractivity contribution in [2.24, 2.45) is 0 Å². The first-order valence-corrected chi connectivity index (χ1v) is 8.22. The Kier molecular flexibility index (Phi) is 4.84. The molecule has 128 valence electrons. The number of benzene rings is 2. The number of fused-ring (bicyclic) bond motifs is 1. The Hall–Kier alpha value is -3.08. The van der Waals surface area contributed by atoms with Gasteiger partial charge in [0, 0.05) is 17.1 Å². The van der Waals surface area contributed by atoms with E-state index in [1.54, 1.807) is 24.3 Å². The SMILES string of the molecule is CCOc1ccc2cc(C(=O)Nc3ccccc3CC)c(=O)oc2c1. The highest BCUT2D eigenvalue weighted by molar-refractivity contribution is 6.05. The fraction of sp³-hybridized carbons (Fsp3) is 0.200. The molecule has 25 heavy (non-hydrogen) atoms. The minimum atomic E-state index is -0.673. The van der Waals surface area contributed by atoms with Gasteiger partial charge in [-0.1, -0.05) is 25.1 Å². The van der Waals surface area contributed by atoms with Crippen LogP contribution in [-0.4, -0.2) is 12.5 Å². The van der Waals surface area contributed by atoms with Crippen LogP contribution in [-0.2, 0) is 6.42 Å². The van der Waals surface area contributed by atoms with Crippen LogP contribution in [0.3, 0.4) is 0 Å². The molecule has 3 rings (SSSR count). The van der Waals surface area contributed by atoms with E-state index in [-0.39, 0.29) is 5.56 Å². The van der Waals surface area contributed by atoms with E-state index in [0.717, 1.165) is 12.0 Å². The van der Waals surface area contributed by atoms with Crippen molar-refractivity contribution in [3.05, 3.63) is 70.1 Å². The predicted octanol–water partition coefficient (Wildman–Crippen LogP) is 4.01. The van der Waals surface area contributed by atoms with Gasteiger partial charge in [-0.25, -0.2) is 4.79 Å². The first-order chi connectivity index (χ1) is 12.1. The van der Waals surface area contributed by atoms with Crippen LogP contribution in [0.4, 0.5) is 5.69 Å². The van der Waals surface area contributed by atoms with Gasteiger partial charge >= 0.3 is 5.63 Å². The smallest absolute Gasteiger partial charge is 0.349 e. The monoisotopic (exact) mass is 337 g/mol. The molecule has 2 aromatic carbocycles. The first-order valence-electron chi connectivity index (χ1n) is 8.22. The van der Waals surface area contributed by atoms with Crippen molar-refractivity contribution >= 4 is 22.6 Å². The maximum absolute atomic E-state index is 12.5. The van der Waals surface area contributed by atoms with Gasteiger partial charge in [0.05, 0.1) is 6.61 Å². The molecule has 0 saturated heterocycles. The summed E-state index contributed by atoms with van der Waals surface area (Å²) >= 11 is 0. The molecule has 0 spiro atoms. The fourth-order valence-corrected chi connectivity index (χ4v) is 2.65. The average molecular weight is 337 g/mol. The Morgan fingerprint density at radius 1 is 1.12 bits per heavy atom. The molecule has 0 saturated carbocycles. The quantitative estimate of drug-likeness (QED) is 0.714. The predicted molar refractivity (Wildman–Crippen MR) is 97.4 cm³/mol. The molecule has 1 amide bonds. The molecule has 0 bridgehead atoms. The lowest BCUT2D eigenvalue weighted by Crippen LogP contribution is -2.21. The molecule has 1 aromatic heterocycles. The number of carbonyl (C=O) groups excluding carboxylic acids is 1. The van der Waals surface area contributed by atoms with E-state index in [1.165, 1.54) is 0 Å². The maximum atomic E-state index is 12.5. The maximum Gasteiger partial charge on any atom is 0.349 e. The van der Waals surface area contributed by atoms with Gasteiger partial charge in [-0.05, 0) is 43.2 Å². The minimum Gasteiger partial charge on any atom is -0.494 e. The van der Waals surface area contributed by atoms with Crippen LogP contribution in [0.1, 0.15) is 29.8 Å². The van der Waals surface area contributed by atoms with Crippen molar-refractivity contribution in [3.63, 3.8) is 0 Å². The van der Waals surface area contributed by atoms with Gasteiger partial charge < -0.3 is 14.5 Å². The number of anilines is 1.